The molecule has 2 rings (SSSR count). The Kier molecular flexibility index (Phi) is 4.49. The van der Waals surface area contributed by atoms with Crippen LogP contribution in [0.5, 0.6) is 0 Å². The standard InChI is InChI=1S/C15H17FN4/c1-11-7-19-20(9-11)10-12(2)18-8-14-4-3-13(6-17)5-15(14)16/h3-5,7,9,12,18H,8,10H2,1-2H3/t12-/m1/s1. The SMILES string of the molecule is Cc1cnn(C[C@@H](C)NCc2ccc(C#N)cc2F)c1. The van der Waals surface area contributed by atoms with E-state index in [0.29, 0.717) is 17.7 Å². The summed E-state index contributed by atoms with van der Waals surface area (Å²) in [5.74, 6) is -0.348. The summed E-state index contributed by atoms with van der Waals surface area (Å²) in [5.41, 5.74) is 2.02. The zero-order valence-corrected chi connectivity index (χ0v) is 11.6. The highest BCUT2D eigenvalue weighted by atomic mass is 19.1. The van der Waals surface area contributed by atoms with Gasteiger partial charge in [0, 0.05) is 24.3 Å². The van der Waals surface area contributed by atoms with Gasteiger partial charge in [0.2, 0.25) is 0 Å². The molecule has 2 aromatic rings. The van der Waals surface area contributed by atoms with Gasteiger partial charge in [0.1, 0.15) is 5.82 Å². The molecule has 5 heteroatoms. The highest BCUT2D eigenvalue weighted by Gasteiger charge is 2.07. The second-order valence-corrected chi connectivity index (χ2v) is 4.94. The fourth-order valence-electron chi connectivity index (χ4n) is 1.96. The normalized spacial score (nSPS) is 12.1. The first-order chi connectivity index (χ1) is 9.58. The van der Waals surface area contributed by atoms with Crippen LogP contribution in [0.3, 0.4) is 0 Å². The summed E-state index contributed by atoms with van der Waals surface area (Å²) in [6.45, 7) is 5.18. The van der Waals surface area contributed by atoms with Crippen molar-refractivity contribution < 1.29 is 4.39 Å². The highest BCUT2D eigenvalue weighted by molar-refractivity contribution is 5.32. The first kappa shape index (κ1) is 14.2. The van der Waals surface area contributed by atoms with E-state index in [1.165, 1.54) is 6.07 Å². The molecular formula is C15H17FN4. The molecule has 20 heavy (non-hydrogen) atoms. The van der Waals surface area contributed by atoms with Gasteiger partial charge in [0.05, 0.1) is 24.4 Å². The smallest absolute Gasteiger partial charge is 0.129 e. The lowest BCUT2D eigenvalue weighted by molar-refractivity contribution is 0.445. The minimum Gasteiger partial charge on any atom is -0.308 e. The summed E-state index contributed by atoms with van der Waals surface area (Å²) in [6.07, 6.45) is 3.79. The second kappa shape index (κ2) is 6.31. The van der Waals surface area contributed by atoms with Gasteiger partial charge in [-0.1, -0.05) is 6.07 Å². The molecule has 0 bridgehead atoms. The Balaban J connectivity index is 1.90. The van der Waals surface area contributed by atoms with Gasteiger partial charge in [-0.25, -0.2) is 4.39 Å². The molecule has 104 valence electrons. The number of aromatic nitrogens is 2. The van der Waals surface area contributed by atoms with Crippen molar-refractivity contribution in [3.8, 4) is 6.07 Å². The zero-order chi connectivity index (χ0) is 14.5. The number of halogens is 1. The van der Waals surface area contributed by atoms with Crippen molar-refractivity contribution in [3.05, 3.63) is 53.1 Å². The maximum Gasteiger partial charge on any atom is 0.129 e. The van der Waals surface area contributed by atoms with E-state index in [1.54, 1.807) is 12.1 Å². The third-order valence-corrected chi connectivity index (χ3v) is 3.05. The number of nitrogens with one attached hydrogen (secondary N) is 1. The Morgan fingerprint density at radius 1 is 1.50 bits per heavy atom. The Hall–Kier alpha value is -2.19. The van der Waals surface area contributed by atoms with Crippen LogP contribution in [0.1, 0.15) is 23.6 Å². The van der Waals surface area contributed by atoms with Crippen molar-refractivity contribution in [1.82, 2.24) is 15.1 Å². The Morgan fingerprint density at radius 2 is 2.30 bits per heavy atom. The van der Waals surface area contributed by atoms with Gasteiger partial charge in [-0.15, -0.1) is 0 Å². The van der Waals surface area contributed by atoms with Gasteiger partial charge in [-0.05, 0) is 31.5 Å². The number of benzene rings is 1. The van der Waals surface area contributed by atoms with Gasteiger partial charge >= 0.3 is 0 Å². The quantitative estimate of drug-likeness (QED) is 0.909. The number of hydrogen-bond acceptors (Lipinski definition) is 3. The van der Waals surface area contributed by atoms with Crippen LogP contribution in [0.15, 0.2) is 30.6 Å². The summed E-state index contributed by atoms with van der Waals surface area (Å²) in [7, 11) is 0. The molecule has 0 fully saturated rings. The largest absolute Gasteiger partial charge is 0.308 e. The van der Waals surface area contributed by atoms with E-state index in [9.17, 15) is 4.39 Å². The fraction of sp³-hybridized carbons (Fsp3) is 0.333. The Morgan fingerprint density at radius 3 is 2.90 bits per heavy atom. The molecule has 1 atom stereocenters. The first-order valence-electron chi connectivity index (χ1n) is 6.49. The van der Waals surface area contributed by atoms with Gasteiger partial charge in [0.25, 0.3) is 0 Å². The van der Waals surface area contributed by atoms with Crippen molar-refractivity contribution >= 4 is 0 Å². The van der Waals surface area contributed by atoms with E-state index < -0.39 is 0 Å². The molecule has 0 aliphatic heterocycles. The molecule has 0 saturated carbocycles. The number of hydrogen-bond donors (Lipinski definition) is 1. The number of aryl methyl sites for hydroxylation is 1. The maximum atomic E-state index is 13.7. The topological polar surface area (TPSA) is 53.6 Å². The molecule has 0 radical (unpaired) electrons. The molecule has 0 aliphatic carbocycles. The molecule has 0 unspecified atom stereocenters. The van der Waals surface area contributed by atoms with Crippen LogP contribution in [0, 0.1) is 24.1 Å². The minimum absolute atomic E-state index is 0.171. The van der Waals surface area contributed by atoms with Crippen LogP contribution in [0.25, 0.3) is 0 Å². The van der Waals surface area contributed by atoms with Crippen LogP contribution in [0.4, 0.5) is 4.39 Å². The Bertz CT molecular complexity index is 627. The van der Waals surface area contributed by atoms with E-state index in [2.05, 4.69) is 10.4 Å². The number of rotatable bonds is 5. The molecule has 0 saturated heterocycles. The molecule has 4 nitrogen and oxygen atoms in total. The van der Waals surface area contributed by atoms with Gasteiger partial charge < -0.3 is 5.32 Å². The van der Waals surface area contributed by atoms with E-state index in [1.807, 2.05) is 37.0 Å². The van der Waals surface area contributed by atoms with Crippen molar-refractivity contribution in [1.29, 1.82) is 5.26 Å². The highest BCUT2D eigenvalue weighted by Crippen LogP contribution is 2.10. The lowest BCUT2D eigenvalue weighted by Crippen LogP contribution is -2.30. The molecule has 0 amide bonds. The predicted molar refractivity (Wildman–Crippen MR) is 74.4 cm³/mol. The molecule has 1 aromatic carbocycles. The van der Waals surface area contributed by atoms with Crippen LogP contribution in [-0.2, 0) is 13.1 Å². The third kappa shape index (κ3) is 3.65. The average Bonchev–Trinajstić information content (AvgIpc) is 2.82. The van der Waals surface area contributed by atoms with E-state index in [0.717, 1.165) is 12.1 Å². The summed E-state index contributed by atoms with van der Waals surface area (Å²) in [5, 5.41) is 16.2. The predicted octanol–water partition coefficient (Wildman–Crippen LogP) is 2.38. The second-order valence-electron chi connectivity index (χ2n) is 4.94. The number of nitrogens with zero attached hydrogens (tertiary/aromatic N) is 3. The molecule has 1 N–H and O–H groups in total. The van der Waals surface area contributed by atoms with Crippen LogP contribution in [0.2, 0.25) is 0 Å². The minimum atomic E-state index is -0.348. The first-order valence-corrected chi connectivity index (χ1v) is 6.49. The molecule has 1 aromatic heterocycles. The van der Waals surface area contributed by atoms with Gasteiger partial charge in [-0.2, -0.15) is 10.4 Å². The lowest BCUT2D eigenvalue weighted by atomic mass is 10.1. The lowest BCUT2D eigenvalue weighted by Gasteiger charge is -2.14. The van der Waals surface area contributed by atoms with Crippen molar-refractivity contribution in [2.75, 3.05) is 0 Å². The van der Waals surface area contributed by atoms with Crippen LogP contribution >= 0.6 is 0 Å². The van der Waals surface area contributed by atoms with Crippen molar-refractivity contribution in [2.45, 2.75) is 33.0 Å². The molecule has 0 aliphatic rings. The van der Waals surface area contributed by atoms with Crippen LogP contribution in [-0.4, -0.2) is 15.8 Å². The van der Waals surface area contributed by atoms with Gasteiger partial charge in [0.15, 0.2) is 0 Å². The summed E-state index contributed by atoms with van der Waals surface area (Å²) >= 11 is 0. The maximum absolute atomic E-state index is 13.7. The number of nitriles is 1. The van der Waals surface area contributed by atoms with E-state index in [-0.39, 0.29) is 11.9 Å². The fourth-order valence-corrected chi connectivity index (χ4v) is 1.96. The van der Waals surface area contributed by atoms with Crippen molar-refractivity contribution in [3.63, 3.8) is 0 Å². The van der Waals surface area contributed by atoms with E-state index in [4.69, 9.17) is 5.26 Å². The average molecular weight is 272 g/mol. The third-order valence-electron chi connectivity index (χ3n) is 3.05. The zero-order valence-electron chi connectivity index (χ0n) is 11.6. The molecule has 0 spiro atoms. The van der Waals surface area contributed by atoms with E-state index >= 15 is 0 Å². The van der Waals surface area contributed by atoms with Crippen LogP contribution < -0.4 is 5.32 Å². The van der Waals surface area contributed by atoms with Crippen molar-refractivity contribution in [2.24, 2.45) is 0 Å². The van der Waals surface area contributed by atoms with Gasteiger partial charge in [-0.3, -0.25) is 4.68 Å². The summed E-state index contributed by atoms with van der Waals surface area (Å²) < 4.78 is 15.6. The Labute approximate surface area is 117 Å². The summed E-state index contributed by atoms with van der Waals surface area (Å²) in [4.78, 5) is 0. The summed E-state index contributed by atoms with van der Waals surface area (Å²) in [6, 6.07) is 6.63. The molecule has 1 heterocycles. The monoisotopic (exact) mass is 272 g/mol. The molecular weight excluding hydrogens is 255 g/mol.